The van der Waals surface area contributed by atoms with Crippen molar-refractivity contribution in [2.75, 3.05) is 13.6 Å². The molecule has 0 heterocycles. The number of hydrogen-bond acceptors (Lipinski definition) is 4. The van der Waals surface area contributed by atoms with Crippen LogP contribution < -0.4 is 4.72 Å². The van der Waals surface area contributed by atoms with Gasteiger partial charge in [-0.1, -0.05) is 26.2 Å². The molecule has 138 valence electrons. The largest absolute Gasteiger partial charge is 0.479 e. The molecule has 0 spiro atoms. The molecule has 1 aliphatic carbocycles. The Morgan fingerprint density at radius 1 is 1.16 bits per heavy atom. The average molecular weight is 368 g/mol. The molecule has 0 atom stereocenters. The fourth-order valence-electron chi connectivity index (χ4n) is 3.27. The monoisotopic (exact) mass is 368 g/mol. The van der Waals surface area contributed by atoms with Crippen LogP contribution in [0.25, 0.3) is 0 Å². The molecule has 0 unspecified atom stereocenters. The highest BCUT2D eigenvalue weighted by Crippen LogP contribution is 2.34. The fraction of sp³-hybridized carbons (Fsp3) is 0.529. The Morgan fingerprint density at radius 2 is 1.72 bits per heavy atom. The smallest absolute Gasteiger partial charge is 0.329 e. The van der Waals surface area contributed by atoms with Crippen LogP contribution in [-0.4, -0.2) is 49.4 Å². The number of aliphatic carboxylic acids is 1. The van der Waals surface area contributed by atoms with Gasteiger partial charge in [-0.05, 0) is 37.1 Å². The third-order valence-corrected chi connectivity index (χ3v) is 6.33. The number of benzene rings is 1. The molecule has 8 heteroatoms. The van der Waals surface area contributed by atoms with Crippen LogP contribution in [-0.2, 0) is 14.8 Å². The lowest BCUT2D eigenvalue weighted by atomic mass is 9.80. The number of nitrogens with zero attached hydrogens (tertiary/aromatic N) is 1. The van der Waals surface area contributed by atoms with Crippen LogP contribution in [0.5, 0.6) is 0 Å². The topological polar surface area (TPSA) is 104 Å². The number of hydrogen-bond donors (Lipinski definition) is 2. The standard InChI is InChI=1S/C17H24N2O5S/c1-3-18-25(23,24)14-9-7-13(8-10-14)15(20)19(2)17(16(21)22)11-5-4-6-12-17/h7-10,18H,3-6,11-12H2,1-2H3,(H,21,22). The van der Waals surface area contributed by atoms with E-state index < -0.39 is 27.4 Å². The number of likely N-dealkylation sites (N-methyl/N-ethyl adjacent to an activating group) is 1. The van der Waals surface area contributed by atoms with Crippen LogP contribution in [0.15, 0.2) is 29.2 Å². The third-order valence-electron chi connectivity index (χ3n) is 4.77. The zero-order valence-electron chi connectivity index (χ0n) is 14.5. The molecule has 0 aliphatic heterocycles. The SMILES string of the molecule is CCNS(=O)(=O)c1ccc(C(=O)N(C)C2(C(=O)O)CCCCC2)cc1. The minimum atomic E-state index is -3.59. The van der Waals surface area contributed by atoms with Crippen molar-refractivity contribution in [1.82, 2.24) is 9.62 Å². The quantitative estimate of drug-likeness (QED) is 0.797. The molecular weight excluding hydrogens is 344 g/mol. The Morgan fingerprint density at radius 3 is 2.20 bits per heavy atom. The Kier molecular flexibility index (Phi) is 5.84. The van der Waals surface area contributed by atoms with Gasteiger partial charge in [0.2, 0.25) is 10.0 Å². The van der Waals surface area contributed by atoms with E-state index in [0.29, 0.717) is 12.8 Å². The summed E-state index contributed by atoms with van der Waals surface area (Å²) in [6.07, 6.45) is 3.36. The molecule has 1 aromatic carbocycles. The number of nitrogens with one attached hydrogen (secondary N) is 1. The highest BCUT2D eigenvalue weighted by molar-refractivity contribution is 7.89. The van der Waals surface area contributed by atoms with E-state index in [4.69, 9.17) is 0 Å². The third kappa shape index (κ3) is 3.85. The van der Waals surface area contributed by atoms with Crippen molar-refractivity contribution in [3.63, 3.8) is 0 Å². The van der Waals surface area contributed by atoms with E-state index in [1.807, 2.05) is 0 Å². The molecule has 0 bridgehead atoms. The lowest BCUT2D eigenvalue weighted by molar-refractivity contribution is -0.151. The number of rotatable bonds is 6. The zero-order chi connectivity index (χ0) is 18.7. The number of carbonyl (C=O) groups is 2. The fourth-order valence-corrected chi connectivity index (χ4v) is 4.31. The second-order valence-electron chi connectivity index (χ2n) is 6.29. The number of sulfonamides is 1. The molecule has 1 aromatic rings. The Labute approximate surface area is 148 Å². The molecule has 1 fully saturated rings. The van der Waals surface area contributed by atoms with Crippen LogP contribution in [0, 0.1) is 0 Å². The Bertz CT molecular complexity index is 737. The summed E-state index contributed by atoms with van der Waals surface area (Å²) in [5.74, 6) is -1.41. The average Bonchev–Trinajstić information content (AvgIpc) is 2.61. The Hall–Kier alpha value is -1.93. The first-order chi connectivity index (χ1) is 11.7. The normalized spacial score (nSPS) is 17.0. The first-order valence-electron chi connectivity index (χ1n) is 8.36. The van der Waals surface area contributed by atoms with E-state index in [1.165, 1.54) is 36.2 Å². The van der Waals surface area contributed by atoms with Gasteiger partial charge < -0.3 is 10.0 Å². The van der Waals surface area contributed by atoms with Crippen molar-refractivity contribution >= 4 is 21.9 Å². The molecule has 2 N–H and O–H groups in total. The molecule has 0 radical (unpaired) electrons. The molecule has 7 nitrogen and oxygen atoms in total. The van der Waals surface area contributed by atoms with Crippen molar-refractivity contribution in [3.05, 3.63) is 29.8 Å². The van der Waals surface area contributed by atoms with Gasteiger partial charge in [0.05, 0.1) is 4.90 Å². The zero-order valence-corrected chi connectivity index (χ0v) is 15.3. The second kappa shape index (κ2) is 7.53. The summed E-state index contributed by atoms with van der Waals surface area (Å²) in [5, 5.41) is 9.68. The minimum absolute atomic E-state index is 0.0687. The summed E-state index contributed by atoms with van der Waals surface area (Å²) in [6, 6.07) is 5.55. The summed E-state index contributed by atoms with van der Waals surface area (Å²) in [7, 11) is -2.08. The van der Waals surface area contributed by atoms with Crippen molar-refractivity contribution in [3.8, 4) is 0 Å². The van der Waals surface area contributed by atoms with Crippen LogP contribution in [0.2, 0.25) is 0 Å². The van der Waals surface area contributed by atoms with Gasteiger partial charge in [-0.3, -0.25) is 4.79 Å². The number of amides is 1. The van der Waals surface area contributed by atoms with Crippen LogP contribution in [0.4, 0.5) is 0 Å². The van der Waals surface area contributed by atoms with Gasteiger partial charge in [0.25, 0.3) is 5.91 Å². The van der Waals surface area contributed by atoms with E-state index in [1.54, 1.807) is 6.92 Å². The molecule has 1 saturated carbocycles. The van der Waals surface area contributed by atoms with E-state index >= 15 is 0 Å². The van der Waals surface area contributed by atoms with Gasteiger partial charge in [-0.15, -0.1) is 0 Å². The van der Waals surface area contributed by atoms with Gasteiger partial charge in [0, 0.05) is 19.2 Å². The van der Waals surface area contributed by atoms with Crippen LogP contribution >= 0.6 is 0 Å². The van der Waals surface area contributed by atoms with E-state index in [0.717, 1.165) is 19.3 Å². The second-order valence-corrected chi connectivity index (χ2v) is 8.05. The maximum Gasteiger partial charge on any atom is 0.329 e. The number of carboxylic acids is 1. The van der Waals surface area contributed by atoms with Crippen molar-refractivity contribution in [2.45, 2.75) is 49.5 Å². The summed E-state index contributed by atoms with van der Waals surface area (Å²) >= 11 is 0. The molecule has 2 rings (SSSR count). The van der Waals surface area contributed by atoms with Crippen LogP contribution in [0.3, 0.4) is 0 Å². The van der Waals surface area contributed by atoms with Gasteiger partial charge in [0.15, 0.2) is 0 Å². The van der Waals surface area contributed by atoms with Gasteiger partial charge in [-0.2, -0.15) is 0 Å². The van der Waals surface area contributed by atoms with E-state index in [9.17, 15) is 23.1 Å². The maximum atomic E-state index is 12.7. The van der Waals surface area contributed by atoms with Crippen molar-refractivity contribution in [2.24, 2.45) is 0 Å². The van der Waals surface area contributed by atoms with Crippen molar-refractivity contribution < 1.29 is 23.1 Å². The molecule has 1 aliphatic rings. The first-order valence-corrected chi connectivity index (χ1v) is 9.84. The lowest BCUT2D eigenvalue weighted by Gasteiger charge is -2.41. The molecule has 1 amide bonds. The molecule has 0 aromatic heterocycles. The summed E-state index contributed by atoms with van der Waals surface area (Å²) in [6.45, 7) is 1.95. The highest BCUT2D eigenvalue weighted by Gasteiger charge is 2.45. The maximum absolute atomic E-state index is 12.7. The van der Waals surface area contributed by atoms with Crippen molar-refractivity contribution in [1.29, 1.82) is 0 Å². The summed E-state index contributed by atoms with van der Waals surface area (Å²) < 4.78 is 26.3. The van der Waals surface area contributed by atoms with Gasteiger partial charge in [0.1, 0.15) is 5.54 Å². The summed E-state index contributed by atoms with van der Waals surface area (Å²) in [5.41, 5.74) is -0.923. The number of carbonyl (C=O) groups excluding carboxylic acids is 1. The number of carboxylic acid groups (broad SMARTS) is 1. The van der Waals surface area contributed by atoms with Gasteiger partial charge >= 0.3 is 5.97 Å². The predicted molar refractivity (Wildman–Crippen MR) is 92.8 cm³/mol. The van der Waals surface area contributed by atoms with Gasteiger partial charge in [-0.25, -0.2) is 17.9 Å². The van der Waals surface area contributed by atoms with Crippen LogP contribution in [0.1, 0.15) is 49.4 Å². The van der Waals surface area contributed by atoms with E-state index in [-0.39, 0.29) is 17.0 Å². The first kappa shape index (κ1) is 19.4. The Balaban J connectivity index is 2.26. The lowest BCUT2D eigenvalue weighted by Crippen LogP contribution is -2.56. The molecular formula is C17H24N2O5S. The summed E-state index contributed by atoms with van der Waals surface area (Å²) in [4.78, 5) is 25.9. The molecule has 0 saturated heterocycles. The highest BCUT2D eigenvalue weighted by atomic mass is 32.2. The predicted octanol–water partition coefficient (Wildman–Crippen LogP) is 1.84. The minimum Gasteiger partial charge on any atom is -0.479 e. The molecule has 25 heavy (non-hydrogen) atoms. The van der Waals surface area contributed by atoms with E-state index in [2.05, 4.69) is 4.72 Å².